The molecule has 0 spiro atoms. The van der Waals surface area contributed by atoms with Gasteiger partial charge < -0.3 is 14.4 Å². The highest BCUT2D eigenvalue weighted by Gasteiger charge is 2.43. The number of urea groups is 1. The summed E-state index contributed by atoms with van der Waals surface area (Å²) in [5.41, 5.74) is 1.39. The minimum Gasteiger partial charge on any atom is -0.395 e. The summed E-state index contributed by atoms with van der Waals surface area (Å²) in [4.78, 5) is 19.6. The van der Waals surface area contributed by atoms with E-state index in [2.05, 4.69) is 14.5 Å². The first-order valence-electron chi connectivity index (χ1n) is 8.84. The Morgan fingerprint density at radius 1 is 1.23 bits per heavy atom. The maximum absolute atomic E-state index is 13.3. The maximum Gasteiger partial charge on any atom is 0.586 e. The molecule has 4 rings (SSSR count). The molecule has 0 radical (unpaired) electrons. The normalized spacial score (nSPS) is 14.8. The van der Waals surface area contributed by atoms with Gasteiger partial charge in [0.1, 0.15) is 0 Å². The summed E-state index contributed by atoms with van der Waals surface area (Å²) in [5.74, 6) is -0.128. The standard InChI is InChI=1S/C20H16ClF2N3O3S/c1-12-10-26(15-6-7-16-17(9-15)29-20(22,23)28-16)19(30-12)24-18(27)25(2)11-13-4-3-5-14(21)8-13/h3-10H,11H2,1-2H3. The van der Waals surface area contributed by atoms with Crippen LogP contribution in [0, 0.1) is 6.92 Å². The van der Waals surface area contributed by atoms with Gasteiger partial charge in [0.05, 0.1) is 5.69 Å². The lowest BCUT2D eigenvalue weighted by atomic mass is 10.2. The number of amides is 2. The number of alkyl halides is 2. The summed E-state index contributed by atoms with van der Waals surface area (Å²) >= 11 is 7.30. The monoisotopic (exact) mass is 451 g/mol. The van der Waals surface area contributed by atoms with Gasteiger partial charge in [0.25, 0.3) is 0 Å². The highest BCUT2D eigenvalue weighted by molar-refractivity contribution is 7.09. The van der Waals surface area contributed by atoms with Crippen LogP contribution in [0.4, 0.5) is 13.6 Å². The molecule has 2 aromatic carbocycles. The van der Waals surface area contributed by atoms with Crippen molar-refractivity contribution in [3.8, 4) is 17.2 Å². The van der Waals surface area contributed by atoms with Crippen LogP contribution in [0.5, 0.6) is 11.5 Å². The Morgan fingerprint density at radius 2 is 2.00 bits per heavy atom. The number of aromatic nitrogens is 1. The Morgan fingerprint density at radius 3 is 2.77 bits per heavy atom. The van der Waals surface area contributed by atoms with Gasteiger partial charge >= 0.3 is 12.3 Å². The summed E-state index contributed by atoms with van der Waals surface area (Å²) in [6.45, 7) is 2.20. The second-order valence-corrected chi connectivity index (χ2v) is 8.32. The van der Waals surface area contributed by atoms with Crippen LogP contribution < -0.4 is 14.3 Å². The molecule has 0 unspecified atom stereocenters. The van der Waals surface area contributed by atoms with Crippen LogP contribution in [0.15, 0.2) is 53.7 Å². The summed E-state index contributed by atoms with van der Waals surface area (Å²) < 4.78 is 37.2. The lowest BCUT2D eigenvalue weighted by molar-refractivity contribution is -0.286. The summed E-state index contributed by atoms with van der Waals surface area (Å²) in [6.07, 6.45) is -1.92. The SMILES string of the molecule is Cc1cn(-c2ccc3c(c2)OC(F)(F)O3)c(=NC(=O)N(C)Cc2cccc(Cl)c2)s1. The second-order valence-electron chi connectivity index (χ2n) is 6.67. The molecule has 1 aliphatic rings. The summed E-state index contributed by atoms with van der Waals surface area (Å²) in [5, 5.41) is 0.588. The zero-order valence-corrected chi connectivity index (χ0v) is 17.5. The molecule has 2 heterocycles. The number of carbonyl (C=O) groups excluding carboxylic acids is 1. The molecule has 0 fully saturated rings. The number of fused-ring (bicyclic) bond motifs is 1. The third-order valence-corrected chi connectivity index (χ3v) is 5.39. The van der Waals surface area contributed by atoms with Crippen LogP contribution in [0.2, 0.25) is 5.02 Å². The Hall–Kier alpha value is -2.91. The number of hydrogen-bond acceptors (Lipinski definition) is 4. The van der Waals surface area contributed by atoms with Gasteiger partial charge in [0.2, 0.25) is 0 Å². The zero-order chi connectivity index (χ0) is 21.5. The summed E-state index contributed by atoms with van der Waals surface area (Å²) in [7, 11) is 1.64. The lowest BCUT2D eigenvalue weighted by Gasteiger charge is -2.14. The molecule has 1 aromatic heterocycles. The van der Waals surface area contributed by atoms with Gasteiger partial charge in [-0.15, -0.1) is 20.1 Å². The number of nitrogens with zero attached hydrogens (tertiary/aromatic N) is 3. The third-order valence-electron chi connectivity index (χ3n) is 4.26. The number of carbonyl (C=O) groups is 1. The fraction of sp³-hybridized carbons (Fsp3) is 0.200. The van der Waals surface area contributed by atoms with Gasteiger partial charge in [-0.3, -0.25) is 4.57 Å². The van der Waals surface area contributed by atoms with E-state index < -0.39 is 12.3 Å². The van der Waals surface area contributed by atoms with Crippen molar-refractivity contribution in [3.63, 3.8) is 0 Å². The van der Waals surface area contributed by atoms with Gasteiger partial charge in [-0.2, -0.15) is 4.99 Å². The Balaban J connectivity index is 1.62. The van der Waals surface area contributed by atoms with Crippen molar-refractivity contribution in [2.24, 2.45) is 4.99 Å². The number of hydrogen-bond donors (Lipinski definition) is 0. The first kappa shape index (κ1) is 20.4. The van der Waals surface area contributed by atoms with Gasteiger partial charge in [-0.05, 0) is 36.8 Å². The van der Waals surface area contributed by atoms with Crippen molar-refractivity contribution in [1.82, 2.24) is 9.47 Å². The van der Waals surface area contributed by atoms with Crippen molar-refractivity contribution >= 4 is 29.0 Å². The molecule has 0 N–H and O–H groups in total. The zero-order valence-electron chi connectivity index (χ0n) is 15.9. The smallest absolute Gasteiger partial charge is 0.395 e. The van der Waals surface area contributed by atoms with Crippen molar-refractivity contribution in [1.29, 1.82) is 0 Å². The largest absolute Gasteiger partial charge is 0.586 e. The number of halogens is 3. The minimum atomic E-state index is -3.69. The quantitative estimate of drug-likeness (QED) is 0.564. The topological polar surface area (TPSA) is 56.1 Å². The molecule has 0 bridgehead atoms. The molecule has 3 aromatic rings. The molecule has 10 heteroatoms. The van der Waals surface area contributed by atoms with E-state index in [4.69, 9.17) is 11.6 Å². The van der Waals surface area contributed by atoms with Crippen molar-refractivity contribution in [2.75, 3.05) is 7.05 Å². The van der Waals surface area contributed by atoms with E-state index in [-0.39, 0.29) is 11.5 Å². The van der Waals surface area contributed by atoms with E-state index in [1.54, 1.807) is 36.0 Å². The van der Waals surface area contributed by atoms with E-state index in [0.717, 1.165) is 10.4 Å². The lowest BCUT2D eigenvalue weighted by Crippen LogP contribution is -2.26. The van der Waals surface area contributed by atoms with Crippen LogP contribution in [0.25, 0.3) is 5.69 Å². The van der Waals surface area contributed by atoms with E-state index >= 15 is 0 Å². The predicted octanol–water partition coefficient (Wildman–Crippen LogP) is 4.97. The highest BCUT2D eigenvalue weighted by atomic mass is 35.5. The van der Waals surface area contributed by atoms with E-state index in [0.29, 0.717) is 22.1 Å². The molecule has 6 nitrogen and oxygen atoms in total. The molecule has 0 atom stereocenters. The van der Waals surface area contributed by atoms with Crippen LogP contribution in [-0.4, -0.2) is 28.8 Å². The predicted molar refractivity (Wildman–Crippen MR) is 108 cm³/mol. The van der Waals surface area contributed by atoms with Crippen molar-refractivity contribution in [2.45, 2.75) is 19.8 Å². The average Bonchev–Trinajstić information content (AvgIpc) is 3.18. The number of ether oxygens (including phenoxy) is 2. The van der Waals surface area contributed by atoms with Gasteiger partial charge in [-0.25, -0.2) is 4.79 Å². The summed E-state index contributed by atoms with van der Waals surface area (Å²) in [6, 6.07) is 11.2. The van der Waals surface area contributed by atoms with E-state index in [1.807, 2.05) is 19.1 Å². The Kier molecular flexibility index (Phi) is 5.25. The molecule has 0 saturated heterocycles. The van der Waals surface area contributed by atoms with Crippen LogP contribution in [0.1, 0.15) is 10.4 Å². The number of aryl methyl sites for hydroxylation is 1. The fourth-order valence-corrected chi connectivity index (χ4v) is 3.99. The number of thiazole rings is 1. The van der Waals surface area contributed by atoms with Crippen LogP contribution in [-0.2, 0) is 6.54 Å². The molecular weight excluding hydrogens is 436 g/mol. The van der Waals surface area contributed by atoms with Crippen molar-refractivity contribution in [3.05, 3.63) is 68.9 Å². The van der Waals surface area contributed by atoms with Crippen molar-refractivity contribution < 1.29 is 23.0 Å². The Bertz CT molecular complexity index is 1190. The maximum atomic E-state index is 13.3. The Labute approximate surface area is 179 Å². The molecule has 156 valence electrons. The van der Waals surface area contributed by atoms with E-state index in [9.17, 15) is 13.6 Å². The van der Waals surface area contributed by atoms with Crippen LogP contribution >= 0.6 is 22.9 Å². The average molecular weight is 452 g/mol. The van der Waals surface area contributed by atoms with E-state index in [1.165, 1.54) is 28.4 Å². The van der Waals surface area contributed by atoms with Crippen LogP contribution in [0.3, 0.4) is 0 Å². The third kappa shape index (κ3) is 4.31. The minimum absolute atomic E-state index is 0.0490. The second kappa shape index (κ2) is 7.73. The first-order valence-corrected chi connectivity index (χ1v) is 10.0. The molecule has 2 amide bonds. The molecule has 1 aliphatic heterocycles. The molecular formula is C20H16ClF2N3O3S. The first-order chi connectivity index (χ1) is 14.2. The number of rotatable bonds is 3. The fourth-order valence-electron chi connectivity index (χ4n) is 2.95. The molecule has 0 saturated carbocycles. The van der Waals surface area contributed by atoms with Gasteiger partial charge in [0.15, 0.2) is 16.3 Å². The highest BCUT2D eigenvalue weighted by Crippen LogP contribution is 2.41. The van der Waals surface area contributed by atoms with Gasteiger partial charge in [0, 0.05) is 35.8 Å². The molecule has 30 heavy (non-hydrogen) atoms. The molecule has 0 aliphatic carbocycles. The van der Waals surface area contributed by atoms with Gasteiger partial charge in [-0.1, -0.05) is 23.7 Å². The number of benzene rings is 2.